The van der Waals surface area contributed by atoms with E-state index in [1.54, 1.807) is 41.5 Å². The fraction of sp³-hybridized carbons (Fsp3) is 0.435. The summed E-state index contributed by atoms with van der Waals surface area (Å²) in [5.41, 5.74) is 0.582. The van der Waals surface area contributed by atoms with Crippen LogP contribution in [0.4, 0.5) is 0 Å². The van der Waals surface area contributed by atoms with Gasteiger partial charge in [0.25, 0.3) is 0 Å². The van der Waals surface area contributed by atoms with Crippen LogP contribution in [-0.2, 0) is 16.1 Å². The quantitative estimate of drug-likeness (QED) is 0.639. The van der Waals surface area contributed by atoms with Crippen molar-refractivity contribution in [3.05, 3.63) is 54.0 Å². The number of ketones is 1. The first-order chi connectivity index (χ1) is 14.6. The van der Waals surface area contributed by atoms with Crippen molar-refractivity contribution >= 4 is 17.6 Å². The van der Waals surface area contributed by atoms with Gasteiger partial charge in [-0.15, -0.1) is 0 Å². The summed E-state index contributed by atoms with van der Waals surface area (Å²) in [6, 6.07) is 10.6. The highest BCUT2D eigenvalue weighted by Gasteiger charge is 2.27. The molecular weight excluding hydrogens is 384 g/mol. The van der Waals surface area contributed by atoms with Crippen LogP contribution >= 0.6 is 0 Å². The first-order valence-electron chi connectivity index (χ1n) is 10.4. The summed E-state index contributed by atoms with van der Waals surface area (Å²) >= 11 is 0. The van der Waals surface area contributed by atoms with Crippen molar-refractivity contribution in [1.82, 2.24) is 10.2 Å². The van der Waals surface area contributed by atoms with Crippen LogP contribution in [0.5, 0.6) is 5.75 Å². The summed E-state index contributed by atoms with van der Waals surface area (Å²) in [5, 5.41) is 2.88. The van der Waals surface area contributed by atoms with Crippen molar-refractivity contribution in [3.8, 4) is 5.75 Å². The van der Waals surface area contributed by atoms with Crippen molar-refractivity contribution < 1.29 is 23.5 Å². The molecule has 0 radical (unpaired) electrons. The predicted molar refractivity (Wildman–Crippen MR) is 111 cm³/mol. The van der Waals surface area contributed by atoms with E-state index < -0.39 is 0 Å². The topological polar surface area (TPSA) is 88.9 Å². The lowest BCUT2D eigenvalue weighted by Gasteiger charge is -2.31. The number of carbonyl (C=O) groups excluding carboxylic acids is 3. The first kappa shape index (κ1) is 21.6. The number of likely N-dealkylation sites (tertiary alicyclic amines) is 1. The third-order valence-electron chi connectivity index (χ3n) is 5.29. The third kappa shape index (κ3) is 5.95. The van der Waals surface area contributed by atoms with Gasteiger partial charge < -0.3 is 19.4 Å². The Balaban J connectivity index is 1.38. The van der Waals surface area contributed by atoms with E-state index in [0.717, 1.165) is 5.75 Å². The van der Waals surface area contributed by atoms with Gasteiger partial charge in [-0.3, -0.25) is 14.4 Å². The second-order valence-electron chi connectivity index (χ2n) is 7.33. The number of rotatable bonds is 9. The zero-order valence-corrected chi connectivity index (χ0v) is 17.3. The maximum atomic E-state index is 12.5. The highest BCUT2D eigenvalue weighted by Crippen LogP contribution is 2.19. The van der Waals surface area contributed by atoms with Crippen molar-refractivity contribution in [1.29, 1.82) is 0 Å². The lowest BCUT2D eigenvalue weighted by molar-refractivity contribution is -0.135. The summed E-state index contributed by atoms with van der Waals surface area (Å²) in [4.78, 5) is 38.9. The lowest BCUT2D eigenvalue weighted by atomic mass is 9.95. The third-order valence-corrected chi connectivity index (χ3v) is 5.29. The highest BCUT2D eigenvalue weighted by molar-refractivity contribution is 5.98. The van der Waals surface area contributed by atoms with Crippen LogP contribution < -0.4 is 10.1 Å². The zero-order chi connectivity index (χ0) is 21.3. The SMILES string of the molecule is CCOc1ccc(C(=O)CCC(=O)N2CCC(C(=O)NCc3ccco3)CC2)cc1. The molecule has 7 heteroatoms. The maximum Gasteiger partial charge on any atom is 0.223 e. The molecule has 1 aromatic heterocycles. The molecule has 0 bridgehead atoms. The number of hydrogen-bond donors (Lipinski definition) is 1. The summed E-state index contributed by atoms with van der Waals surface area (Å²) < 4.78 is 10.6. The molecular formula is C23H28N2O5. The average molecular weight is 412 g/mol. The van der Waals surface area contributed by atoms with E-state index in [1.807, 2.05) is 13.0 Å². The molecule has 3 rings (SSSR count). The Morgan fingerprint density at radius 1 is 1.10 bits per heavy atom. The Kier molecular flexibility index (Phi) is 7.65. The van der Waals surface area contributed by atoms with Crippen LogP contribution in [0.25, 0.3) is 0 Å². The number of carbonyl (C=O) groups is 3. The molecule has 7 nitrogen and oxygen atoms in total. The summed E-state index contributed by atoms with van der Waals surface area (Å²) in [6.45, 7) is 3.92. The molecule has 30 heavy (non-hydrogen) atoms. The first-order valence-corrected chi connectivity index (χ1v) is 10.4. The molecule has 0 atom stereocenters. The van der Waals surface area contributed by atoms with Gasteiger partial charge in [-0.1, -0.05) is 0 Å². The number of Topliss-reactive ketones (excluding diaryl/α,β-unsaturated/α-hetero) is 1. The van der Waals surface area contributed by atoms with Gasteiger partial charge in [0.1, 0.15) is 11.5 Å². The molecule has 2 amide bonds. The minimum absolute atomic E-state index is 0.0100. The predicted octanol–water partition coefficient (Wildman–Crippen LogP) is 3.20. The van der Waals surface area contributed by atoms with Crippen molar-refractivity contribution in [3.63, 3.8) is 0 Å². The Hall–Kier alpha value is -3.09. The van der Waals surface area contributed by atoms with Crippen molar-refractivity contribution in [2.45, 2.75) is 39.2 Å². The number of piperidine rings is 1. The number of benzene rings is 1. The molecule has 2 heterocycles. The van der Waals surface area contributed by atoms with Gasteiger partial charge in [0.2, 0.25) is 11.8 Å². The monoisotopic (exact) mass is 412 g/mol. The van der Waals surface area contributed by atoms with Crippen LogP contribution in [0, 0.1) is 5.92 Å². The van der Waals surface area contributed by atoms with Crippen LogP contribution in [0.2, 0.25) is 0 Å². The second kappa shape index (κ2) is 10.6. The molecule has 160 valence electrons. The van der Waals surface area contributed by atoms with E-state index in [1.165, 1.54) is 0 Å². The normalized spacial score (nSPS) is 14.4. The summed E-state index contributed by atoms with van der Waals surface area (Å²) in [6.07, 6.45) is 3.19. The second-order valence-corrected chi connectivity index (χ2v) is 7.33. The fourth-order valence-corrected chi connectivity index (χ4v) is 3.55. The molecule has 0 saturated carbocycles. The van der Waals surface area contributed by atoms with E-state index in [9.17, 15) is 14.4 Å². The molecule has 0 unspecified atom stereocenters. The largest absolute Gasteiger partial charge is 0.494 e. The lowest BCUT2D eigenvalue weighted by Crippen LogP contribution is -2.43. The molecule has 1 saturated heterocycles. The molecule has 1 fully saturated rings. The van der Waals surface area contributed by atoms with E-state index >= 15 is 0 Å². The van der Waals surface area contributed by atoms with Crippen LogP contribution in [0.1, 0.15) is 48.7 Å². The van der Waals surface area contributed by atoms with E-state index in [0.29, 0.717) is 50.4 Å². The number of nitrogens with zero attached hydrogens (tertiary/aromatic N) is 1. The zero-order valence-electron chi connectivity index (χ0n) is 17.3. The standard InChI is InChI=1S/C23H28N2O5/c1-2-29-19-7-5-17(6-8-19)21(26)9-10-22(27)25-13-11-18(12-14-25)23(28)24-16-20-4-3-15-30-20/h3-8,15,18H,2,9-14,16H2,1H3,(H,24,28). The molecule has 2 aromatic rings. The molecule has 0 aliphatic carbocycles. The van der Waals surface area contributed by atoms with Crippen LogP contribution in [0.15, 0.2) is 47.1 Å². The number of hydrogen-bond acceptors (Lipinski definition) is 5. The Morgan fingerprint density at radius 2 is 1.83 bits per heavy atom. The number of nitrogens with one attached hydrogen (secondary N) is 1. The van der Waals surface area contributed by atoms with Gasteiger partial charge in [-0.25, -0.2) is 0 Å². The minimum Gasteiger partial charge on any atom is -0.494 e. The van der Waals surface area contributed by atoms with Gasteiger partial charge in [-0.05, 0) is 56.2 Å². The number of amides is 2. The Bertz CT molecular complexity index is 837. The van der Waals surface area contributed by atoms with Gasteiger partial charge in [0.15, 0.2) is 5.78 Å². The molecule has 0 spiro atoms. The Morgan fingerprint density at radius 3 is 2.47 bits per heavy atom. The van der Waals surface area contributed by atoms with E-state index in [2.05, 4.69) is 5.32 Å². The van der Waals surface area contributed by atoms with Crippen molar-refractivity contribution in [2.75, 3.05) is 19.7 Å². The highest BCUT2D eigenvalue weighted by atomic mass is 16.5. The number of furan rings is 1. The summed E-state index contributed by atoms with van der Waals surface area (Å²) in [5.74, 6) is 1.23. The van der Waals surface area contributed by atoms with E-state index in [4.69, 9.17) is 9.15 Å². The van der Waals surface area contributed by atoms with Crippen LogP contribution in [-0.4, -0.2) is 42.2 Å². The van der Waals surface area contributed by atoms with Crippen LogP contribution in [0.3, 0.4) is 0 Å². The maximum absolute atomic E-state index is 12.5. The van der Waals surface area contributed by atoms with E-state index in [-0.39, 0.29) is 36.4 Å². The summed E-state index contributed by atoms with van der Waals surface area (Å²) in [7, 11) is 0. The van der Waals surface area contributed by atoms with Gasteiger partial charge in [0, 0.05) is 37.4 Å². The molecule has 1 aliphatic heterocycles. The van der Waals surface area contributed by atoms with Crippen molar-refractivity contribution in [2.24, 2.45) is 5.92 Å². The fourth-order valence-electron chi connectivity index (χ4n) is 3.55. The molecule has 1 aromatic carbocycles. The van der Waals surface area contributed by atoms with Gasteiger partial charge >= 0.3 is 0 Å². The average Bonchev–Trinajstić information content (AvgIpc) is 3.30. The molecule has 1 N–H and O–H groups in total. The minimum atomic E-state index is -0.102. The number of ether oxygens (including phenoxy) is 1. The Labute approximate surface area is 176 Å². The van der Waals surface area contributed by atoms with Gasteiger partial charge in [0.05, 0.1) is 19.4 Å². The van der Waals surface area contributed by atoms with Gasteiger partial charge in [-0.2, -0.15) is 0 Å². The molecule has 1 aliphatic rings. The smallest absolute Gasteiger partial charge is 0.223 e.